The zero-order valence-corrected chi connectivity index (χ0v) is 12.6. The largest absolute Gasteiger partial charge is 0.377 e. The van der Waals surface area contributed by atoms with Gasteiger partial charge in [-0.15, -0.1) is 0 Å². The molecule has 0 saturated carbocycles. The lowest BCUT2D eigenvalue weighted by molar-refractivity contribution is 0.0542. The molecule has 0 aliphatic rings. The third kappa shape index (κ3) is 5.13. The first-order valence-electron chi connectivity index (χ1n) is 6.84. The van der Waals surface area contributed by atoms with E-state index in [4.69, 9.17) is 4.74 Å². The van der Waals surface area contributed by atoms with Crippen LogP contribution in [0, 0.1) is 6.92 Å². The lowest BCUT2D eigenvalue weighted by Gasteiger charge is -2.24. The van der Waals surface area contributed by atoms with Gasteiger partial charge in [0.2, 0.25) is 0 Å². The second kappa shape index (κ2) is 7.41. The molecule has 0 amide bonds. The smallest absolute Gasteiger partial charge is 0.179 e. The Balaban J connectivity index is 2.53. The number of hydrogen-bond acceptors (Lipinski definition) is 3. The van der Waals surface area contributed by atoms with Gasteiger partial charge in [-0.25, -0.2) is 0 Å². The minimum absolute atomic E-state index is 0.126. The summed E-state index contributed by atoms with van der Waals surface area (Å²) >= 11 is 0. The van der Waals surface area contributed by atoms with Crippen molar-refractivity contribution in [2.75, 3.05) is 20.2 Å². The summed E-state index contributed by atoms with van der Waals surface area (Å²) in [7, 11) is 1.96. The standard InChI is InChI=1S/C16H25NO2/c1-12(2)19-11-10-17(5)14(4)16(18)15-8-6-13(3)7-9-15/h6-9,12,14H,10-11H2,1-5H3. The highest BCUT2D eigenvalue weighted by Gasteiger charge is 2.19. The first-order valence-corrected chi connectivity index (χ1v) is 6.84. The molecular weight excluding hydrogens is 238 g/mol. The Labute approximate surface area is 116 Å². The van der Waals surface area contributed by atoms with Crippen LogP contribution in [0.2, 0.25) is 0 Å². The molecule has 0 saturated heterocycles. The van der Waals surface area contributed by atoms with E-state index in [1.807, 2.05) is 63.9 Å². The zero-order chi connectivity index (χ0) is 14.4. The highest BCUT2D eigenvalue weighted by atomic mass is 16.5. The summed E-state index contributed by atoms with van der Waals surface area (Å²) in [6, 6.07) is 7.61. The molecule has 3 nitrogen and oxygen atoms in total. The molecule has 1 atom stereocenters. The maximum Gasteiger partial charge on any atom is 0.179 e. The van der Waals surface area contributed by atoms with Gasteiger partial charge >= 0.3 is 0 Å². The van der Waals surface area contributed by atoms with E-state index in [9.17, 15) is 4.79 Å². The highest BCUT2D eigenvalue weighted by molar-refractivity contribution is 5.99. The number of aryl methyl sites for hydroxylation is 1. The Kier molecular flexibility index (Phi) is 6.19. The molecule has 0 aliphatic heterocycles. The minimum atomic E-state index is -0.126. The molecule has 0 N–H and O–H groups in total. The maximum atomic E-state index is 12.3. The topological polar surface area (TPSA) is 29.5 Å². The third-order valence-corrected chi connectivity index (χ3v) is 3.27. The van der Waals surface area contributed by atoms with Crippen LogP contribution in [0.5, 0.6) is 0 Å². The number of nitrogens with zero attached hydrogens (tertiary/aromatic N) is 1. The fraction of sp³-hybridized carbons (Fsp3) is 0.562. The van der Waals surface area contributed by atoms with Crippen molar-refractivity contribution in [1.29, 1.82) is 0 Å². The summed E-state index contributed by atoms with van der Waals surface area (Å²) in [5.41, 5.74) is 1.94. The number of likely N-dealkylation sites (N-methyl/N-ethyl adjacent to an activating group) is 1. The van der Waals surface area contributed by atoms with E-state index < -0.39 is 0 Å². The second-order valence-electron chi connectivity index (χ2n) is 5.31. The van der Waals surface area contributed by atoms with Crippen molar-refractivity contribution < 1.29 is 9.53 Å². The van der Waals surface area contributed by atoms with Gasteiger partial charge in [-0.2, -0.15) is 0 Å². The number of carbonyl (C=O) groups excluding carboxylic acids is 1. The van der Waals surface area contributed by atoms with Crippen molar-refractivity contribution in [1.82, 2.24) is 4.90 Å². The average Bonchev–Trinajstić information content (AvgIpc) is 2.37. The Morgan fingerprint density at radius 2 is 1.79 bits per heavy atom. The molecule has 1 aromatic rings. The summed E-state index contributed by atoms with van der Waals surface area (Å²) in [4.78, 5) is 14.3. The van der Waals surface area contributed by atoms with E-state index in [-0.39, 0.29) is 17.9 Å². The first-order chi connectivity index (χ1) is 8.91. The molecule has 0 bridgehead atoms. The van der Waals surface area contributed by atoms with Gasteiger partial charge in [0.15, 0.2) is 5.78 Å². The van der Waals surface area contributed by atoms with E-state index in [0.29, 0.717) is 6.61 Å². The molecule has 19 heavy (non-hydrogen) atoms. The van der Waals surface area contributed by atoms with Crippen molar-refractivity contribution in [3.8, 4) is 0 Å². The maximum absolute atomic E-state index is 12.3. The Morgan fingerprint density at radius 1 is 1.21 bits per heavy atom. The van der Waals surface area contributed by atoms with Gasteiger partial charge in [0.05, 0.1) is 18.8 Å². The number of ketones is 1. The van der Waals surface area contributed by atoms with Gasteiger partial charge < -0.3 is 4.74 Å². The van der Waals surface area contributed by atoms with Crippen LogP contribution in [0.1, 0.15) is 36.7 Å². The molecule has 106 valence electrons. The number of rotatable bonds is 7. The SMILES string of the molecule is Cc1ccc(C(=O)C(C)N(C)CCOC(C)C)cc1. The molecule has 0 spiro atoms. The summed E-state index contributed by atoms with van der Waals surface area (Å²) in [6.07, 6.45) is 0.233. The van der Waals surface area contributed by atoms with Crippen molar-refractivity contribution >= 4 is 5.78 Å². The van der Waals surface area contributed by atoms with E-state index in [2.05, 4.69) is 0 Å². The highest BCUT2D eigenvalue weighted by Crippen LogP contribution is 2.09. The van der Waals surface area contributed by atoms with Gasteiger partial charge in [-0.3, -0.25) is 9.69 Å². The summed E-state index contributed by atoms with van der Waals surface area (Å²) < 4.78 is 5.51. The fourth-order valence-corrected chi connectivity index (χ4v) is 1.79. The first kappa shape index (κ1) is 15.9. The molecule has 1 rings (SSSR count). The van der Waals surface area contributed by atoms with Crippen LogP contribution in [0.25, 0.3) is 0 Å². The lowest BCUT2D eigenvalue weighted by atomic mass is 10.0. The van der Waals surface area contributed by atoms with Crippen LogP contribution < -0.4 is 0 Å². The molecule has 0 heterocycles. The Hall–Kier alpha value is -1.19. The van der Waals surface area contributed by atoms with Crippen molar-refractivity contribution in [2.24, 2.45) is 0 Å². The third-order valence-electron chi connectivity index (χ3n) is 3.27. The van der Waals surface area contributed by atoms with E-state index >= 15 is 0 Å². The quantitative estimate of drug-likeness (QED) is 0.708. The van der Waals surface area contributed by atoms with E-state index in [1.165, 1.54) is 5.56 Å². The molecule has 0 radical (unpaired) electrons. The van der Waals surface area contributed by atoms with Crippen LogP contribution in [-0.4, -0.2) is 43.0 Å². The number of Topliss-reactive ketones (excluding diaryl/α,β-unsaturated/α-hetero) is 1. The van der Waals surface area contributed by atoms with Gasteiger partial charge in [0, 0.05) is 12.1 Å². The summed E-state index contributed by atoms with van der Waals surface area (Å²) in [5.74, 6) is 0.159. The van der Waals surface area contributed by atoms with Gasteiger partial charge in [-0.1, -0.05) is 29.8 Å². The Bertz CT molecular complexity index is 398. The molecule has 0 aromatic heterocycles. The Morgan fingerprint density at radius 3 is 2.32 bits per heavy atom. The predicted molar refractivity (Wildman–Crippen MR) is 78.7 cm³/mol. The number of carbonyl (C=O) groups is 1. The van der Waals surface area contributed by atoms with Gasteiger partial charge in [0.1, 0.15) is 0 Å². The van der Waals surface area contributed by atoms with Crippen molar-refractivity contribution in [2.45, 2.75) is 39.8 Å². The molecule has 1 unspecified atom stereocenters. The van der Waals surface area contributed by atoms with Crippen LogP contribution >= 0.6 is 0 Å². The fourth-order valence-electron chi connectivity index (χ4n) is 1.79. The number of benzene rings is 1. The number of ether oxygens (including phenoxy) is 1. The average molecular weight is 263 g/mol. The van der Waals surface area contributed by atoms with Crippen LogP contribution in [0.3, 0.4) is 0 Å². The molecule has 0 aliphatic carbocycles. The van der Waals surface area contributed by atoms with Crippen molar-refractivity contribution in [3.05, 3.63) is 35.4 Å². The summed E-state index contributed by atoms with van der Waals surface area (Å²) in [6.45, 7) is 9.41. The monoisotopic (exact) mass is 263 g/mol. The van der Waals surface area contributed by atoms with Crippen molar-refractivity contribution in [3.63, 3.8) is 0 Å². The normalized spacial score (nSPS) is 13.0. The van der Waals surface area contributed by atoms with Gasteiger partial charge in [-0.05, 0) is 34.7 Å². The van der Waals surface area contributed by atoms with Gasteiger partial charge in [0.25, 0.3) is 0 Å². The van der Waals surface area contributed by atoms with Crippen LogP contribution in [-0.2, 0) is 4.74 Å². The zero-order valence-electron chi connectivity index (χ0n) is 12.6. The van der Waals surface area contributed by atoms with Crippen LogP contribution in [0.15, 0.2) is 24.3 Å². The molecule has 1 aromatic carbocycles. The minimum Gasteiger partial charge on any atom is -0.377 e. The predicted octanol–water partition coefficient (Wildman–Crippen LogP) is 2.92. The van der Waals surface area contributed by atoms with Crippen LogP contribution in [0.4, 0.5) is 0 Å². The second-order valence-corrected chi connectivity index (χ2v) is 5.31. The molecule has 3 heteroatoms. The van der Waals surface area contributed by atoms with E-state index in [1.54, 1.807) is 0 Å². The van der Waals surface area contributed by atoms with E-state index in [0.717, 1.165) is 12.1 Å². The molecule has 0 fully saturated rings. The summed E-state index contributed by atoms with van der Waals surface area (Å²) in [5, 5.41) is 0. The lowest BCUT2D eigenvalue weighted by Crippen LogP contribution is -2.38. The number of hydrogen-bond donors (Lipinski definition) is 0. The molecular formula is C16H25NO2.